The third-order valence-corrected chi connectivity index (χ3v) is 2.25. The first-order valence-corrected chi connectivity index (χ1v) is 4.11. The molecule has 2 aromatic rings. The second-order valence-corrected chi connectivity index (χ2v) is 3.03. The van der Waals surface area contributed by atoms with Crippen molar-refractivity contribution in [2.75, 3.05) is 0 Å². The van der Waals surface area contributed by atoms with Crippen LogP contribution >= 0.6 is 11.3 Å². The molecule has 0 amide bonds. The van der Waals surface area contributed by atoms with Crippen LogP contribution < -0.4 is 0 Å². The van der Waals surface area contributed by atoms with Crippen LogP contribution in [-0.4, -0.2) is 16.7 Å². The quantitative estimate of drug-likeness (QED) is 0.659. The molecule has 0 fully saturated rings. The minimum atomic E-state index is 0.178. The molecule has 12 heavy (non-hydrogen) atoms. The molecule has 0 saturated heterocycles. The van der Waals surface area contributed by atoms with E-state index in [0.717, 1.165) is 4.88 Å². The van der Waals surface area contributed by atoms with Crippen molar-refractivity contribution in [2.24, 2.45) is 0 Å². The van der Waals surface area contributed by atoms with E-state index in [0.29, 0.717) is 12.0 Å². The Labute approximate surface area is 71.8 Å². The summed E-state index contributed by atoms with van der Waals surface area (Å²) in [5, 5.41) is 8.89. The molecular formula is C7H4N2O2S. The van der Waals surface area contributed by atoms with Gasteiger partial charge in [-0.3, -0.25) is 4.79 Å². The van der Waals surface area contributed by atoms with Gasteiger partial charge in [0.1, 0.15) is 0 Å². The van der Waals surface area contributed by atoms with Gasteiger partial charge in [-0.1, -0.05) is 6.07 Å². The zero-order valence-corrected chi connectivity index (χ0v) is 6.75. The van der Waals surface area contributed by atoms with Crippen LogP contribution in [0.5, 0.6) is 0 Å². The number of hydrogen-bond donors (Lipinski definition) is 0. The lowest BCUT2D eigenvalue weighted by Crippen LogP contribution is -1.79. The first-order chi connectivity index (χ1) is 5.92. The van der Waals surface area contributed by atoms with Gasteiger partial charge in [0.15, 0.2) is 12.0 Å². The van der Waals surface area contributed by atoms with Gasteiger partial charge in [-0.2, -0.15) is 0 Å². The minimum Gasteiger partial charge on any atom is -0.333 e. The fraction of sp³-hybridized carbons (Fsp3) is 0. The van der Waals surface area contributed by atoms with Crippen LogP contribution in [-0.2, 0) is 0 Å². The molecule has 0 spiro atoms. The number of carbonyl (C=O) groups is 1. The molecule has 0 aliphatic heterocycles. The molecule has 0 radical (unpaired) electrons. The maximum Gasteiger partial charge on any atom is 0.228 e. The van der Waals surface area contributed by atoms with Gasteiger partial charge in [0, 0.05) is 5.27 Å². The van der Waals surface area contributed by atoms with Crippen LogP contribution in [0.15, 0.2) is 22.0 Å². The number of hydrogen-bond acceptors (Lipinski definition) is 5. The molecule has 2 heterocycles. The van der Waals surface area contributed by atoms with E-state index in [1.54, 1.807) is 0 Å². The van der Waals surface area contributed by atoms with E-state index in [1.807, 2.05) is 17.5 Å². The third-order valence-electron chi connectivity index (χ3n) is 1.37. The summed E-state index contributed by atoms with van der Waals surface area (Å²) in [5.41, 5.74) is 0.514. The average molecular weight is 180 g/mol. The second kappa shape index (κ2) is 2.86. The van der Waals surface area contributed by atoms with Crippen molar-refractivity contribution in [1.29, 1.82) is 0 Å². The summed E-state index contributed by atoms with van der Waals surface area (Å²) in [6.07, 6.45) is 0.606. The van der Waals surface area contributed by atoms with E-state index in [2.05, 4.69) is 14.9 Å². The Morgan fingerprint density at radius 2 is 2.50 bits per heavy atom. The van der Waals surface area contributed by atoms with E-state index in [1.165, 1.54) is 11.3 Å². The lowest BCUT2D eigenvalue weighted by atomic mass is 10.3. The van der Waals surface area contributed by atoms with Crippen LogP contribution in [0, 0.1) is 0 Å². The molecule has 0 aliphatic rings. The van der Waals surface area contributed by atoms with Gasteiger partial charge in [-0.15, -0.1) is 16.4 Å². The van der Waals surface area contributed by atoms with Gasteiger partial charge in [0.25, 0.3) is 0 Å². The molecule has 0 atom stereocenters. The van der Waals surface area contributed by atoms with Crippen molar-refractivity contribution in [3.05, 3.63) is 23.3 Å². The van der Waals surface area contributed by atoms with Crippen LogP contribution in [0.3, 0.4) is 0 Å². The number of thiophene rings is 1. The smallest absolute Gasteiger partial charge is 0.228 e. The molecule has 0 saturated carbocycles. The SMILES string of the molecule is O=Cc1onnc1-c1cccs1. The Balaban J connectivity index is 2.53. The third kappa shape index (κ3) is 1.04. The average Bonchev–Trinajstić information content (AvgIpc) is 2.74. The fourth-order valence-electron chi connectivity index (χ4n) is 0.859. The number of aldehydes is 1. The molecule has 4 nitrogen and oxygen atoms in total. The van der Waals surface area contributed by atoms with Crippen LogP contribution in [0.4, 0.5) is 0 Å². The predicted molar refractivity (Wildman–Crippen MR) is 43.0 cm³/mol. The van der Waals surface area contributed by atoms with Crippen molar-refractivity contribution in [1.82, 2.24) is 10.4 Å². The fourth-order valence-corrected chi connectivity index (χ4v) is 1.57. The molecule has 60 valence electrons. The highest BCUT2D eigenvalue weighted by molar-refractivity contribution is 7.13. The summed E-state index contributed by atoms with van der Waals surface area (Å²) in [4.78, 5) is 11.3. The Bertz CT molecular complexity index is 380. The van der Waals surface area contributed by atoms with Gasteiger partial charge >= 0.3 is 0 Å². The summed E-state index contributed by atoms with van der Waals surface area (Å²) in [6, 6.07) is 3.74. The van der Waals surface area contributed by atoms with Crippen LogP contribution in [0.2, 0.25) is 0 Å². The lowest BCUT2D eigenvalue weighted by Gasteiger charge is -1.85. The normalized spacial score (nSPS) is 10.0. The van der Waals surface area contributed by atoms with Gasteiger partial charge in [-0.25, -0.2) is 0 Å². The Hall–Kier alpha value is -1.49. The molecule has 0 unspecified atom stereocenters. The summed E-state index contributed by atoms with van der Waals surface area (Å²) in [7, 11) is 0. The largest absolute Gasteiger partial charge is 0.333 e. The van der Waals surface area contributed by atoms with Crippen molar-refractivity contribution in [3.63, 3.8) is 0 Å². The van der Waals surface area contributed by atoms with E-state index < -0.39 is 0 Å². The van der Waals surface area contributed by atoms with Crippen LogP contribution in [0.1, 0.15) is 10.6 Å². The zero-order valence-electron chi connectivity index (χ0n) is 5.93. The van der Waals surface area contributed by atoms with Crippen molar-refractivity contribution in [3.8, 4) is 10.6 Å². The molecular weight excluding hydrogens is 176 g/mol. The minimum absolute atomic E-state index is 0.178. The van der Waals surface area contributed by atoms with Crippen molar-refractivity contribution < 1.29 is 9.32 Å². The van der Waals surface area contributed by atoms with E-state index in [-0.39, 0.29) is 5.76 Å². The van der Waals surface area contributed by atoms with Crippen LogP contribution in [0.25, 0.3) is 10.6 Å². The predicted octanol–water partition coefficient (Wildman–Crippen LogP) is 1.61. The molecule has 0 aromatic carbocycles. The topological polar surface area (TPSA) is 56.0 Å². The highest BCUT2D eigenvalue weighted by atomic mass is 32.1. The standard InChI is InChI=1S/C7H4N2O2S/c10-4-5-7(8-9-11-5)6-2-1-3-12-6/h1-4H. The summed E-state index contributed by atoms with van der Waals surface area (Å²) in [5.74, 6) is 0.178. The maximum absolute atomic E-state index is 10.4. The molecule has 0 aliphatic carbocycles. The molecule has 0 N–H and O–H groups in total. The first-order valence-electron chi connectivity index (χ1n) is 3.23. The highest BCUT2D eigenvalue weighted by Crippen LogP contribution is 2.24. The zero-order chi connectivity index (χ0) is 8.39. The number of nitrogens with zero attached hydrogens (tertiary/aromatic N) is 2. The van der Waals surface area contributed by atoms with Gasteiger partial charge in [-0.05, 0) is 11.4 Å². The van der Waals surface area contributed by atoms with Gasteiger partial charge in [0.05, 0.1) is 4.88 Å². The molecule has 2 rings (SSSR count). The Kier molecular flexibility index (Phi) is 1.71. The van der Waals surface area contributed by atoms with E-state index in [9.17, 15) is 4.79 Å². The van der Waals surface area contributed by atoms with E-state index in [4.69, 9.17) is 0 Å². The summed E-state index contributed by atoms with van der Waals surface area (Å²) in [6.45, 7) is 0. The highest BCUT2D eigenvalue weighted by Gasteiger charge is 2.11. The van der Waals surface area contributed by atoms with Gasteiger partial charge < -0.3 is 4.52 Å². The Morgan fingerprint density at radius 1 is 1.58 bits per heavy atom. The molecule has 0 bridgehead atoms. The lowest BCUT2D eigenvalue weighted by molar-refractivity contribution is 0.109. The maximum atomic E-state index is 10.4. The summed E-state index contributed by atoms with van der Waals surface area (Å²) >= 11 is 1.49. The number of aromatic nitrogens is 2. The summed E-state index contributed by atoms with van der Waals surface area (Å²) < 4.78 is 4.62. The van der Waals surface area contributed by atoms with Crippen molar-refractivity contribution >= 4 is 17.6 Å². The molecule has 2 aromatic heterocycles. The second-order valence-electron chi connectivity index (χ2n) is 2.08. The first kappa shape index (κ1) is 7.17. The molecule has 5 heteroatoms. The van der Waals surface area contributed by atoms with E-state index >= 15 is 0 Å². The number of carbonyl (C=O) groups excluding carboxylic acids is 1. The Morgan fingerprint density at radius 3 is 3.17 bits per heavy atom. The number of rotatable bonds is 2. The van der Waals surface area contributed by atoms with Gasteiger partial charge in [0.2, 0.25) is 5.76 Å². The van der Waals surface area contributed by atoms with Crippen molar-refractivity contribution in [2.45, 2.75) is 0 Å². The monoisotopic (exact) mass is 180 g/mol.